The van der Waals surface area contributed by atoms with Crippen LogP contribution in [0, 0.1) is 0 Å². The largest absolute Gasteiger partial charge is 0.491 e. The Balaban J connectivity index is 2.36. The summed E-state index contributed by atoms with van der Waals surface area (Å²) in [5.74, 6) is 1.14. The molecule has 0 N–H and O–H groups in total. The number of hydrogen-bond acceptors (Lipinski definition) is 4. The number of amides is 1. The molecule has 0 saturated carbocycles. The van der Waals surface area contributed by atoms with Crippen molar-refractivity contribution in [2.24, 2.45) is 0 Å². The van der Waals surface area contributed by atoms with Crippen LogP contribution in [0.1, 0.15) is 59.5 Å². The fourth-order valence-electron chi connectivity index (χ4n) is 3.09. The lowest BCUT2D eigenvalue weighted by atomic mass is 10.0. The minimum atomic E-state index is -0.155. The molecule has 5 nitrogen and oxygen atoms in total. The molecule has 0 fully saturated rings. The summed E-state index contributed by atoms with van der Waals surface area (Å²) < 4.78 is 12.0. The number of allylic oxidation sites excluding steroid dienone is 2. The first-order valence-electron chi connectivity index (χ1n) is 10.8. The molecule has 0 aliphatic carbocycles. The van der Waals surface area contributed by atoms with Crippen LogP contribution >= 0.6 is 0 Å². The minimum absolute atomic E-state index is 0.0239. The van der Waals surface area contributed by atoms with Crippen LogP contribution in [0.25, 0.3) is 6.08 Å². The second-order valence-electron chi connectivity index (χ2n) is 8.30. The summed E-state index contributed by atoms with van der Waals surface area (Å²) in [6.45, 7) is 11.7. The molecule has 0 aliphatic heterocycles. The number of benzene rings is 2. The molecule has 0 heterocycles. The number of nitrogens with zero attached hydrogens (tertiary/aromatic N) is 1. The molecule has 2 aromatic rings. The van der Waals surface area contributed by atoms with E-state index in [0.29, 0.717) is 23.3 Å². The molecular weight excluding hydrogens is 402 g/mol. The Morgan fingerprint density at radius 3 is 2.03 bits per heavy atom. The zero-order valence-corrected chi connectivity index (χ0v) is 19.8. The SMILES string of the molecule is C=CCc1cc(/C=C/C(=O)c2ccc(C(=O)N(C)C)cc2)c(OC(C)C)cc1OC(C)C. The molecule has 0 aliphatic rings. The van der Waals surface area contributed by atoms with Crippen LogP contribution in [0.15, 0.2) is 55.1 Å². The van der Waals surface area contributed by atoms with Crippen LogP contribution in [-0.2, 0) is 6.42 Å². The summed E-state index contributed by atoms with van der Waals surface area (Å²) in [6.07, 6.45) is 5.73. The molecule has 5 heteroatoms. The van der Waals surface area contributed by atoms with E-state index >= 15 is 0 Å². The van der Waals surface area contributed by atoms with Gasteiger partial charge in [0.15, 0.2) is 5.78 Å². The number of hydrogen-bond donors (Lipinski definition) is 0. The van der Waals surface area contributed by atoms with Gasteiger partial charge in [0, 0.05) is 36.9 Å². The van der Waals surface area contributed by atoms with Gasteiger partial charge in [-0.25, -0.2) is 0 Å². The Kier molecular flexibility index (Phi) is 8.82. The molecule has 0 radical (unpaired) electrons. The Hall–Kier alpha value is -3.34. The lowest BCUT2D eigenvalue weighted by Gasteiger charge is -2.19. The number of carbonyl (C=O) groups is 2. The molecule has 0 aromatic heterocycles. The zero-order valence-electron chi connectivity index (χ0n) is 19.8. The quantitative estimate of drug-likeness (QED) is 0.277. The van der Waals surface area contributed by atoms with Gasteiger partial charge in [0.2, 0.25) is 0 Å². The molecule has 32 heavy (non-hydrogen) atoms. The van der Waals surface area contributed by atoms with Crippen molar-refractivity contribution in [3.05, 3.63) is 77.4 Å². The van der Waals surface area contributed by atoms with Gasteiger partial charge >= 0.3 is 0 Å². The maximum atomic E-state index is 12.7. The lowest BCUT2D eigenvalue weighted by Crippen LogP contribution is -2.21. The third-order valence-electron chi connectivity index (χ3n) is 4.52. The highest BCUT2D eigenvalue weighted by molar-refractivity contribution is 6.07. The molecule has 1 amide bonds. The smallest absolute Gasteiger partial charge is 0.253 e. The summed E-state index contributed by atoms with van der Waals surface area (Å²) in [7, 11) is 3.39. The summed E-state index contributed by atoms with van der Waals surface area (Å²) in [4.78, 5) is 26.3. The van der Waals surface area contributed by atoms with E-state index < -0.39 is 0 Å². The van der Waals surface area contributed by atoms with Crippen molar-refractivity contribution in [3.63, 3.8) is 0 Å². The fourth-order valence-corrected chi connectivity index (χ4v) is 3.09. The van der Waals surface area contributed by atoms with Crippen molar-refractivity contribution in [2.75, 3.05) is 14.1 Å². The fraction of sp³-hybridized carbons (Fsp3) is 0.333. The van der Waals surface area contributed by atoms with Crippen LogP contribution in [-0.4, -0.2) is 42.9 Å². The van der Waals surface area contributed by atoms with Gasteiger partial charge in [-0.05, 0) is 70.0 Å². The molecule has 0 bridgehead atoms. The molecule has 0 atom stereocenters. The molecule has 0 unspecified atom stereocenters. The van der Waals surface area contributed by atoms with E-state index in [9.17, 15) is 9.59 Å². The predicted octanol–water partition coefficient (Wildman–Crippen LogP) is 5.59. The van der Waals surface area contributed by atoms with Crippen molar-refractivity contribution in [3.8, 4) is 11.5 Å². The Morgan fingerprint density at radius 1 is 0.938 bits per heavy atom. The van der Waals surface area contributed by atoms with E-state index in [1.165, 1.54) is 11.0 Å². The van der Waals surface area contributed by atoms with Crippen molar-refractivity contribution >= 4 is 17.8 Å². The van der Waals surface area contributed by atoms with E-state index in [4.69, 9.17) is 9.47 Å². The van der Waals surface area contributed by atoms with Crippen LogP contribution in [0.2, 0.25) is 0 Å². The minimum Gasteiger partial charge on any atom is -0.491 e. The number of ether oxygens (including phenoxy) is 2. The maximum absolute atomic E-state index is 12.7. The van der Waals surface area contributed by atoms with Gasteiger partial charge in [-0.15, -0.1) is 6.58 Å². The first-order valence-corrected chi connectivity index (χ1v) is 10.8. The van der Waals surface area contributed by atoms with Crippen molar-refractivity contribution in [1.29, 1.82) is 0 Å². The molecular formula is C27H33NO4. The van der Waals surface area contributed by atoms with Crippen molar-refractivity contribution < 1.29 is 19.1 Å². The molecule has 0 spiro atoms. The average molecular weight is 436 g/mol. The third kappa shape index (κ3) is 6.84. The third-order valence-corrected chi connectivity index (χ3v) is 4.52. The molecule has 2 rings (SSSR count). The van der Waals surface area contributed by atoms with E-state index in [-0.39, 0.29) is 23.9 Å². The number of ketones is 1. The molecule has 2 aromatic carbocycles. The van der Waals surface area contributed by atoms with Crippen LogP contribution in [0.3, 0.4) is 0 Å². The average Bonchev–Trinajstić information content (AvgIpc) is 2.73. The second kappa shape index (κ2) is 11.3. The molecule has 170 valence electrons. The van der Waals surface area contributed by atoms with Crippen molar-refractivity contribution in [2.45, 2.75) is 46.3 Å². The summed E-state index contributed by atoms with van der Waals surface area (Å²) in [5, 5.41) is 0. The van der Waals surface area contributed by atoms with Gasteiger partial charge in [0.1, 0.15) is 11.5 Å². The van der Waals surface area contributed by atoms with Crippen molar-refractivity contribution in [1.82, 2.24) is 4.90 Å². The van der Waals surface area contributed by atoms with E-state index in [0.717, 1.165) is 16.9 Å². The van der Waals surface area contributed by atoms with Crippen LogP contribution in [0.5, 0.6) is 11.5 Å². The summed E-state index contributed by atoms with van der Waals surface area (Å²) in [5.41, 5.74) is 2.81. The number of rotatable bonds is 10. The van der Waals surface area contributed by atoms with Gasteiger partial charge in [0.05, 0.1) is 12.2 Å². The van der Waals surface area contributed by atoms with Gasteiger partial charge in [0.25, 0.3) is 5.91 Å². The topological polar surface area (TPSA) is 55.8 Å². The Morgan fingerprint density at radius 2 is 1.50 bits per heavy atom. The Bertz CT molecular complexity index is 985. The number of carbonyl (C=O) groups excluding carboxylic acids is 2. The monoisotopic (exact) mass is 435 g/mol. The van der Waals surface area contributed by atoms with Gasteiger partial charge in [-0.1, -0.05) is 18.2 Å². The highest BCUT2D eigenvalue weighted by Gasteiger charge is 2.14. The standard InChI is InChI=1S/C27H33NO4/c1-8-9-22-16-23(26(32-19(4)5)17-25(22)31-18(2)3)14-15-24(29)20-10-12-21(13-11-20)27(30)28(6)7/h8,10-19H,1,9H2,2-7H3/b15-14+. The Labute approximate surface area is 191 Å². The van der Waals surface area contributed by atoms with Gasteiger partial charge in [-0.2, -0.15) is 0 Å². The summed E-state index contributed by atoms with van der Waals surface area (Å²) in [6, 6.07) is 10.5. The first kappa shape index (κ1) is 24.9. The van der Waals surface area contributed by atoms with E-state index in [2.05, 4.69) is 6.58 Å². The highest BCUT2D eigenvalue weighted by Crippen LogP contribution is 2.32. The lowest BCUT2D eigenvalue weighted by molar-refractivity contribution is 0.0827. The summed E-state index contributed by atoms with van der Waals surface area (Å²) >= 11 is 0. The predicted molar refractivity (Wildman–Crippen MR) is 130 cm³/mol. The first-order chi connectivity index (χ1) is 15.1. The normalized spacial score (nSPS) is 11.1. The van der Waals surface area contributed by atoms with E-state index in [1.54, 1.807) is 44.4 Å². The van der Waals surface area contributed by atoms with Crippen LogP contribution in [0.4, 0.5) is 0 Å². The maximum Gasteiger partial charge on any atom is 0.253 e. The van der Waals surface area contributed by atoms with Gasteiger partial charge < -0.3 is 14.4 Å². The van der Waals surface area contributed by atoms with Crippen LogP contribution < -0.4 is 9.47 Å². The zero-order chi connectivity index (χ0) is 23.8. The van der Waals surface area contributed by atoms with E-state index in [1.807, 2.05) is 45.9 Å². The second-order valence-corrected chi connectivity index (χ2v) is 8.30. The molecule has 0 saturated heterocycles. The van der Waals surface area contributed by atoms with Gasteiger partial charge in [-0.3, -0.25) is 9.59 Å². The highest BCUT2D eigenvalue weighted by atomic mass is 16.5.